The summed E-state index contributed by atoms with van der Waals surface area (Å²) < 4.78 is 5.08. The second kappa shape index (κ2) is 12.1. The lowest BCUT2D eigenvalue weighted by atomic mass is 10.2. The van der Waals surface area contributed by atoms with Crippen LogP contribution in [0.25, 0.3) is 0 Å². The summed E-state index contributed by atoms with van der Waals surface area (Å²) in [4.78, 5) is 11.7. The zero-order valence-corrected chi connectivity index (χ0v) is 14.5. The van der Waals surface area contributed by atoms with Crippen LogP contribution < -0.4 is 4.74 Å². The van der Waals surface area contributed by atoms with E-state index < -0.39 is 5.97 Å². The fraction of sp³-hybridized carbons (Fsp3) is 0.316. The van der Waals surface area contributed by atoms with Gasteiger partial charge in [0.2, 0.25) is 0 Å². The number of benzene rings is 2. The number of carbonyl (C=O) groups excluding carboxylic acids is 1. The number of phenolic OH excluding ortho intramolecular Hbond substituents is 1. The van der Waals surface area contributed by atoms with Gasteiger partial charge in [-0.05, 0) is 52.0 Å². The van der Waals surface area contributed by atoms with Gasteiger partial charge in [-0.2, -0.15) is 0 Å². The first-order valence-corrected chi connectivity index (χ1v) is 7.65. The lowest BCUT2D eigenvalue weighted by Gasteiger charge is -2.04. The molecule has 0 bridgehead atoms. The van der Waals surface area contributed by atoms with Crippen molar-refractivity contribution in [3.05, 3.63) is 60.2 Å². The van der Waals surface area contributed by atoms with Crippen LogP contribution in [-0.2, 0) is 0 Å². The molecule has 5 heteroatoms. The molecule has 0 aliphatic heterocycles. The van der Waals surface area contributed by atoms with Crippen molar-refractivity contribution in [2.45, 2.75) is 39.9 Å². The number of aliphatic hydroxyl groups excluding tert-OH is 2. The second-order valence-corrected chi connectivity index (χ2v) is 5.41. The maximum atomic E-state index is 11.7. The first-order chi connectivity index (χ1) is 11.2. The smallest absolute Gasteiger partial charge is 0.347 e. The molecule has 0 spiro atoms. The molecule has 0 aliphatic rings. The Morgan fingerprint density at radius 1 is 0.833 bits per heavy atom. The van der Waals surface area contributed by atoms with Crippen molar-refractivity contribution in [3.63, 3.8) is 0 Å². The van der Waals surface area contributed by atoms with Crippen LogP contribution in [0.1, 0.15) is 38.1 Å². The molecule has 2 aromatic carbocycles. The first-order valence-electron chi connectivity index (χ1n) is 7.65. The predicted octanol–water partition coefficient (Wildman–Crippen LogP) is 3.39. The Morgan fingerprint density at radius 2 is 1.25 bits per heavy atom. The van der Waals surface area contributed by atoms with Crippen LogP contribution in [0.5, 0.6) is 11.5 Å². The van der Waals surface area contributed by atoms with Crippen LogP contribution in [0.15, 0.2) is 54.6 Å². The van der Waals surface area contributed by atoms with E-state index in [2.05, 4.69) is 0 Å². The van der Waals surface area contributed by atoms with Crippen molar-refractivity contribution in [1.29, 1.82) is 0 Å². The number of hydrogen-bond acceptors (Lipinski definition) is 5. The number of carbonyl (C=O) groups is 1. The molecule has 132 valence electrons. The summed E-state index contributed by atoms with van der Waals surface area (Å²) in [6, 6.07) is 15.0. The molecule has 3 N–H and O–H groups in total. The van der Waals surface area contributed by atoms with Gasteiger partial charge in [0, 0.05) is 12.2 Å². The van der Waals surface area contributed by atoms with Gasteiger partial charge in [-0.3, -0.25) is 0 Å². The highest BCUT2D eigenvalue weighted by molar-refractivity contribution is 5.93. The molecule has 24 heavy (non-hydrogen) atoms. The van der Waals surface area contributed by atoms with Crippen molar-refractivity contribution in [3.8, 4) is 11.5 Å². The highest BCUT2D eigenvalue weighted by Crippen LogP contribution is 2.18. The van der Waals surface area contributed by atoms with Gasteiger partial charge in [0.15, 0.2) is 0 Å². The second-order valence-electron chi connectivity index (χ2n) is 5.41. The van der Waals surface area contributed by atoms with Gasteiger partial charge in [-0.1, -0.05) is 30.3 Å². The largest absolute Gasteiger partial charge is 0.507 e. The van der Waals surface area contributed by atoms with E-state index in [9.17, 15) is 9.90 Å². The molecule has 0 aromatic heterocycles. The van der Waals surface area contributed by atoms with Gasteiger partial charge in [0.25, 0.3) is 0 Å². The minimum atomic E-state index is -0.565. The summed E-state index contributed by atoms with van der Waals surface area (Å²) in [7, 11) is 0. The average molecular weight is 334 g/mol. The van der Waals surface area contributed by atoms with Crippen molar-refractivity contribution in [2.75, 3.05) is 0 Å². The van der Waals surface area contributed by atoms with Gasteiger partial charge >= 0.3 is 5.97 Å². The van der Waals surface area contributed by atoms with Gasteiger partial charge < -0.3 is 20.1 Å². The van der Waals surface area contributed by atoms with Gasteiger partial charge in [-0.15, -0.1) is 0 Å². The molecule has 0 saturated carbocycles. The van der Waals surface area contributed by atoms with Gasteiger partial charge in [0.1, 0.15) is 17.1 Å². The summed E-state index contributed by atoms with van der Waals surface area (Å²) in [5, 5.41) is 25.6. The topological polar surface area (TPSA) is 87.0 Å². The Kier molecular flexibility index (Phi) is 10.9. The van der Waals surface area contributed by atoms with Gasteiger partial charge in [-0.25, -0.2) is 4.79 Å². The number of para-hydroxylation sites is 2. The minimum absolute atomic E-state index is 0.0802. The molecule has 2 aromatic rings. The monoisotopic (exact) mass is 334 g/mol. The van der Waals surface area contributed by atoms with Crippen LogP contribution in [0.3, 0.4) is 0 Å². The van der Waals surface area contributed by atoms with Crippen molar-refractivity contribution < 1.29 is 24.9 Å². The van der Waals surface area contributed by atoms with Gasteiger partial charge in [0.05, 0.1) is 0 Å². The van der Waals surface area contributed by atoms with E-state index in [-0.39, 0.29) is 23.5 Å². The van der Waals surface area contributed by atoms with E-state index in [1.165, 1.54) is 12.1 Å². The van der Waals surface area contributed by atoms with E-state index in [1.54, 1.807) is 64.1 Å². The normalized spacial score (nSPS) is 9.50. The minimum Gasteiger partial charge on any atom is -0.507 e. The maximum Gasteiger partial charge on any atom is 0.347 e. The molecule has 5 nitrogen and oxygen atoms in total. The molecule has 0 radical (unpaired) electrons. The summed E-state index contributed by atoms with van der Waals surface area (Å²) in [6.45, 7) is 6.89. The molecule has 0 amide bonds. The maximum absolute atomic E-state index is 11.7. The quantitative estimate of drug-likeness (QED) is 0.579. The van der Waals surface area contributed by atoms with Crippen LogP contribution in [0.2, 0.25) is 0 Å². The molecule has 0 aliphatic carbocycles. The zero-order valence-electron chi connectivity index (χ0n) is 14.5. The third kappa shape index (κ3) is 11.2. The lowest BCUT2D eigenvalue weighted by molar-refractivity contribution is 0.0731. The number of aliphatic hydroxyl groups is 2. The number of ether oxygens (including phenoxy) is 1. The lowest BCUT2D eigenvalue weighted by Crippen LogP contribution is -2.08. The third-order valence-electron chi connectivity index (χ3n) is 2.08. The Balaban J connectivity index is 0.000000558. The number of hydrogen-bond donors (Lipinski definition) is 3. The summed E-state index contributed by atoms with van der Waals surface area (Å²) in [5.74, 6) is -0.191. The number of esters is 1. The highest BCUT2D eigenvalue weighted by Gasteiger charge is 2.12. The first kappa shape index (κ1) is 21.6. The van der Waals surface area contributed by atoms with Crippen molar-refractivity contribution >= 4 is 5.97 Å². The van der Waals surface area contributed by atoms with E-state index in [0.29, 0.717) is 5.75 Å². The van der Waals surface area contributed by atoms with E-state index >= 15 is 0 Å². The van der Waals surface area contributed by atoms with E-state index in [1.807, 2.05) is 6.07 Å². The summed E-state index contributed by atoms with van der Waals surface area (Å²) in [5.41, 5.74) is 0.159. The molecular formula is C19H26O5. The molecule has 0 unspecified atom stereocenters. The van der Waals surface area contributed by atoms with Crippen LogP contribution in [0.4, 0.5) is 0 Å². The zero-order chi connectivity index (χ0) is 18.5. The predicted molar refractivity (Wildman–Crippen MR) is 94.2 cm³/mol. The average Bonchev–Trinajstić information content (AvgIpc) is 2.47. The standard InChI is InChI=1S/C13H10O3.2C3H8O/c14-12-9-5-4-8-11(12)13(15)16-10-6-2-1-3-7-10;2*1-3(2)4/h1-9,14H;2*3-4H,1-2H3. The summed E-state index contributed by atoms with van der Waals surface area (Å²) >= 11 is 0. The Bertz CT molecular complexity index is 568. The Hall–Kier alpha value is -2.37. The van der Waals surface area contributed by atoms with Crippen molar-refractivity contribution in [2.24, 2.45) is 0 Å². The van der Waals surface area contributed by atoms with Crippen LogP contribution >= 0.6 is 0 Å². The Morgan fingerprint density at radius 3 is 1.71 bits per heavy atom. The molecule has 0 heterocycles. The third-order valence-corrected chi connectivity index (χ3v) is 2.08. The number of phenols is 1. The van der Waals surface area contributed by atoms with E-state index in [0.717, 1.165) is 0 Å². The highest BCUT2D eigenvalue weighted by atomic mass is 16.5. The molecule has 0 fully saturated rings. The number of rotatable bonds is 2. The van der Waals surface area contributed by atoms with Crippen LogP contribution in [0, 0.1) is 0 Å². The summed E-state index contributed by atoms with van der Waals surface area (Å²) in [6.07, 6.45) is -0.333. The SMILES string of the molecule is CC(C)O.CC(C)O.O=C(Oc1ccccc1)c1ccccc1O. The molecule has 0 saturated heterocycles. The molecule has 2 rings (SSSR count). The fourth-order valence-corrected chi connectivity index (χ4v) is 1.30. The number of aromatic hydroxyl groups is 1. The molecule has 0 atom stereocenters. The van der Waals surface area contributed by atoms with Crippen LogP contribution in [-0.4, -0.2) is 33.5 Å². The molecular weight excluding hydrogens is 308 g/mol. The van der Waals surface area contributed by atoms with E-state index in [4.69, 9.17) is 14.9 Å². The van der Waals surface area contributed by atoms with Crippen molar-refractivity contribution in [1.82, 2.24) is 0 Å². The fourth-order valence-electron chi connectivity index (χ4n) is 1.30. The Labute approximate surface area is 143 Å².